The van der Waals surface area contributed by atoms with E-state index >= 15 is 0 Å². The van der Waals surface area contributed by atoms with Crippen LogP contribution in [0, 0.1) is 0 Å². The van der Waals surface area contributed by atoms with Crippen molar-refractivity contribution in [1.82, 2.24) is 14.7 Å². The van der Waals surface area contributed by atoms with Gasteiger partial charge >= 0.3 is 5.97 Å². The van der Waals surface area contributed by atoms with E-state index in [0.29, 0.717) is 17.9 Å². The zero-order valence-corrected chi connectivity index (χ0v) is 20.8. The van der Waals surface area contributed by atoms with E-state index in [9.17, 15) is 9.59 Å². The summed E-state index contributed by atoms with van der Waals surface area (Å²) in [6.07, 6.45) is 0.270. The summed E-state index contributed by atoms with van der Waals surface area (Å²) < 4.78 is 10.5. The van der Waals surface area contributed by atoms with Gasteiger partial charge in [-0.2, -0.15) is 0 Å². The summed E-state index contributed by atoms with van der Waals surface area (Å²) in [5.74, 6) is -0.310. The highest BCUT2D eigenvalue weighted by atomic mass is 32.2. The predicted molar refractivity (Wildman–Crippen MR) is 133 cm³/mol. The number of nitrogens with zero attached hydrogens (tertiary/aromatic N) is 4. The van der Waals surface area contributed by atoms with Crippen LogP contribution in [0.3, 0.4) is 0 Å². The number of likely N-dealkylation sites (N-methyl/N-ethyl adjacent to an activating group) is 1. The molecule has 1 atom stereocenters. The maximum absolute atomic E-state index is 13.2. The zero-order chi connectivity index (χ0) is 24.1. The number of ether oxygens (including phenoxy) is 2. The number of aliphatic imine (C=N–C) groups is 1. The van der Waals surface area contributed by atoms with Crippen LogP contribution in [0.15, 0.2) is 57.7 Å². The van der Waals surface area contributed by atoms with E-state index in [4.69, 9.17) is 14.5 Å². The number of fused-ring (bicyclic) bond motifs is 1. The smallest absolute Gasteiger partial charge is 0.338 e. The lowest BCUT2D eigenvalue weighted by Crippen LogP contribution is -2.49. The molecule has 3 aliphatic heterocycles. The molecule has 182 valence electrons. The summed E-state index contributed by atoms with van der Waals surface area (Å²) in [5.41, 5.74) is 2.93. The average Bonchev–Trinajstić information content (AvgIpc) is 3.25. The van der Waals surface area contributed by atoms with Crippen molar-refractivity contribution in [3.05, 3.63) is 58.3 Å². The minimum absolute atomic E-state index is 0.103. The number of benzene rings is 1. The van der Waals surface area contributed by atoms with Crippen molar-refractivity contribution in [2.75, 3.05) is 53.0 Å². The van der Waals surface area contributed by atoms with Crippen molar-refractivity contribution in [3.8, 4) is 0 Å². The fourth-order valence-corrected chi connectivity index (χ4v) is 5.42. The van der Waals surface area contributed by atoms with Crippen molar-refractivity contribution in [3.63, 3.8) is 0 Å². The fraction of sp³-hybridized carbons (Fsp3) is 0.480. The largest absolute Gasteiger partial charge is 0.460 e. The molecule has 1 amide bonds. The van der Waals surface area contributed by atoms with E-state index in [-0.39, 0.29) is 18.9 Å². The summed E-state index contributed by atoms with van der Waals surface area (Å²) in [7, 11) is 1.57. The highest BCUT2D eigenvalue weighted by Crippen LogP contribution is 2.44. The number of hydrogen-bond acceptors (Lipinski definition) is 8. The molecule has 0 bridgehead atoms. The lowest BCUT2D eigenvalue weighted by Gasteiger charge is -2.37. The van der Waals surface area contributed by atoms with Gasteiger partial charge in [0, 0.05) is 39.0 Å². The van der Waals surface area contributed by atoms with E-state index < -0.39 is 12.0 Å². The Kier molecular flexibility index (Phi) is 8.07. The SMILES string of the molecule is CCN1CCN(C(=O)CC2=CSC3=NC(C)=C(C(=O)OCCOC)C(c4ccccc4)N23)CC1. The Hall–Kier alpha value is -2.62. The summed E-state index contributed by atoms with van der Waals surface area (Å²) >= 11 is 1.49. The Balaban J connectivity index is 1.58. The topological polar surface area (TPSA) is 74.7 Å². The molecule has 3 heterocycles. The first-order valence-electron chi connectivity index (χ1n) is 11.7. The number of piperazine rings is 1. The van der Waals surface area contributed by atoms with Crippen LogP contribution >= 0.6 is 11.8 Å². The van der Waals surface area contributed by atoms with E-state index in [2.05, 4.69) is 11.8 Å². The van der Waals surface area contributed by atoms with E-state index in [1.54, 1.807) is 7.11 Å². The lowest BCUT2D eigenvalue weighted by molar-refractivity contribution is -0.141. The molecule has 0 aromatic heterocycles. The van der Waals surface area contributed by atoms with Crippen LogP contribution in [0.5, 0.6) is 0 Å². The van der Waals surface area contributed by atoms with Gasteiger partial charge in [0.05, 0.1) is 30.3 Å². The van der Waals surface area contributed by atoms with Gasteiger partial charge in [0.2, 0.25) is 5.91 Å². The Labute approximate surface area is 205 Å². The van der Waals surface area contributed by atoms with Crippen LogP contribution < -0.4 is 0 Å². The third-order valence-electron chi connectivity index (χ3n) is 6.36. The molecule has 0 aliphatic carbocycles. The number of amidine groups is 1. The van der Waals surface area contributed by atoms with Gasteiger partial charge in [0.25, 0.3) is 0 Å². The number of rotatable bonds is 8. The molecule has 34 heavy (non-hydrogen) atoms. The standard InChI is InChI=1S/C25H32N4O4S/c1-4-27-10-12-28(13-11-27)21(30)16-20-17-34-25-26-18(2)22(24(31)33-15-14-32-3)23(29(20)25)19-8-6-5-7-9-19/h5-9,17,23H,4,10-16H2,1-3H3. The molecule has 0 radical (unpaired) electrons. The molecule has 0 saturated carbocycles. The van der Waals surface area contributed by atoms with Gasteiger partial charge < -0.3 is 24.2 Å². The van der Waals surface area contributed by atoms with Crippen molar-refractivity contribution in [2.45, 2.75) is 26.3 Å². The molecular weight excluding hydrogens is 452 g/mol. The average molecular weight is 485 g/mol. The Morgan fingerprint density at radius 3 is 2.53 bits per heavy atom. The molecule has 0 N–H and O–H groups in total. The Bertz CT molecular complexity index is 999. The highest BCUT2D eigenvalue weighted by Gasteiger charge is 2.41. The molecule has 9 heteroatoms. The first kappa shape index (κ1) is 24.5. The van der Waals surface area contributed by atoms with Crippen LogP contribution in [0.1, 0.15) is 31.9 Å². The number of esters is 1. The molecule has 1 aromatic rings. The lowest BCUT2D eigenvalue weighted by atomic mass is 9.94. The van der Waals surface area contributed by atoms with Gasteiger partial charge in [-0.15, -0.1) is 0 Å². The van der Waals surface area contributed by atoms with E-state index in [0.717, 1.165) is 49.2 Å². The first-order valence-corrected chi connectivity index (χ1v) is 12.6. The molecule has 1 fully saturated rings. The highest BCUT2D eigenvalue weighted by molar-refractivity contribution is 8.16. The summed E-state index contributed by atoms with van der Waals surface area (Å²) in [5, 5.41) is 2.76. The molecule has 0 spiro atoms. The summed E-state index contributed by atoms with van der Waals surface area (Å²) in [6, 6.07) is 9.44. The quantitative estimate of drug-likeness (QED) is 0.415. The van der Waals surface area contributed by atoms with Crippen LogP contribution in [0.2, 0.25) is 0 Å². The maximum atomic E-state index is 13.2. The van der Waals surface area contributed by atoms with E-state index in [1.165, 1.54) is 11.8 Å². The van der Waals surface area contributed by atoms with Gasteiger partial charge in [-0.05, 0) is 24.4 Å². The second-order valence-electron chi connectivity index (χ2n) is 8.42. The first-order chi connectivity index (χ1) is 16.5. The van der Waals surface area contributed by atoms with Gasteiger partial charge in [-0.3, -0.25) is 4.79 Å². The van der Waals surface area contributed by atoms with Crippen LogP contribution in [0.25, 0.3) is 0 Å². The maximum Gasteiger partial charge on any atom is 0.338 e. The van der Waals surface area contributed by atoms with Gasteiger partial charge in [0.1, 0.15) is 6.61 Å². The van der Waals surface area contributed by atoms with Crippen LogP contribution in [-0.4, -0.2) is 84.8 Å². The molecule has 4 rings (SSSR count). The van der Waals surface area contributed by atoms with Crippen LogP contribution in [0.4, 0.5) is 0 Å². The summed E-state index contributed by atoms with van der Waals surface area (Å²) in [4.78, 5) is 37.4. The van der Waals surface area contributed by atoms with Gasteiger partial charge in [-0.25, -0.2) is 9.79 Å². The molecule has 3 aliphatic rings. The number of hydrogen-bond donors (Lipinski definition) is 0. The minimum Gasteiger partial charge on any atom is -0.460 e. The van der Waals surface area contributed by atoms with Gasteiger partial charge in [-0.1, -0.05) is 49.0 Å². The Morgan fingerprint density at radius 1 is 1.12 bits per heavy atom. The number of amides is 1. The minimum atomic E-state index is -0.413. The van der Waals surface area contributed by atoms with Crippen molar-refractivity contribution >= 4 is 28.8 Å². The monoisotopic (exact) mass is 484 g/mol. The second kappa shape index (κ2) is 11.2. The fourth-order valence-electron chi connectivity index (χ4n) is 4.46. The third-order valence-corrected chi connectivity index (χ3v) is 7.25. The second-order valence-corrected chi connectivity index (χ2v) is 9.26. The molecular formula is C25H32N4O4S. The predicted octanol–water partition coefficient (Wildman–Crippen LogP) is 3.01. The van der Waals surface area contributed by atoms with Gasteiger partial charge in [0.15, 0.2) is 5.17 Å². The third kappa shape index (κ3) is 5.21. The van der Waals surface area contributed by atoms with Crippen LogP contribution in [-0.2, 0) is 19.1 Å². The van der Waals surface area contributed by atoms with Crippen molar-refractivity contribution in [2.24, 2.45) is 4.99 Å². The number of carbonyl (C=O) groups is 2. The van der Waals surface area contributed by atoms with E-state index in [1.807, 2.05) is 52.5 Å². The molecule has 1 unspecified atom stereocenters. The Morgan fingerprint density at radius 2 is 1.85 bits per heavy atom. The number of allylic oxidation sites excluding steroid dienone is 1. The molecule has 1 saturated heterocycles. The molecule has 8 nitrogen and oxygen atoms in total. The normalized spacial score (nSPS) is 20.7. The van der Waals surface area contributed by atoms with Crippen molar-refractivity contribution in [1.29, 1.82) is 0 Å². The zero-order valence-electron chi connectivity index (χ0n) is 20.0. The summed E-state index contributed by atoms with van der Waals surface area (Å²) in [6.45, 7) is 8.77. The molecule has 1 aromatic carbocycles. The number of thioether (sulfide) groups is 1. The number of carbonyl (C=O) groups excluding carboxylic acids is 2. The van der Waals surface area contributed by atoms with Crippen molar-refractivity contribution < 1.29 is 19.1 Å². The number of methoxy groups -OCH3 is 1.